The van der Waals surface area contributed by atoms with Gasteiger partial charge in [-0.3, -0.25) is 9.69 Å². The fourth-order valence-corrected chi connectivity index (χ4v) is 2.84. The second-order valence-corrected chi connectivity index (χ2v) is 6.39. The highest BCUT2D eigenvalue weighted by atomic mass is 16.5. The van der Waals surface area contributed by atoms with E-state index in [0.29, 0.717) is 19.1 Å². The van der Waals surface area contributed by atoms with Crippen LogP contribution in [0.5, 0.6) is 0 Å². The number of nitrogens with two attached hydrogens (primary N) is 1. The number of nitrogens with one attached hydrogen (secondary N) is 1. The van der Waals surface area contributed by atoms with Crippen LogP contribution in [0.1, 0.15) is 31.7 Å². The summed E-state index contributed by atoms with van der Waals surface area (Å²) in [5, 5.41) is 2.99. The van der Waals surface area contributed by atoms with E-state index in [2.05, 4.69) is 48.5 Å². The molecule has 23 heavy (non-hydrogen) atoms. The van der Waals surface area contributed by atoms with Gasteiger partial charge in [0.2, 0.25) is 5.91 Å². The number of hydrogen-bond acceptors (Lipinski definition) is 4. The lowest BCUT2D eigenvalue weighted by molar-refractivity contribution is -0.131. The van der Waals surface area contributed by atoms with E-state index in [1.165, 1.54) is 5.56 Å². The molecule has 0 aromatic heterocycles. The lowest BCUT2D eigenvalue weighted by atomic mass is 10.1. The van der Waals surface area contributed by atoms with Crippen LogP contribution in [0.2, 0.25) is 0 Å². The molecule has 128 valence electrons. The Kier molecular flexibility index (Phi) is 7.02. The first kappa shape index (κ1) is 17.9. The summed E-state index contributed by atoms with van der Waals surface area (Å²) >= 11 is 0. The molecule has 1 aliphatic heterocycles. The van der Waals surface area contributed by atoms with Crippen molar-refractivity contribution >= 4 is 5.91 Å². The van der Waals surface area contributed by atoms with E-state index in [4.69, 9.17) is 10.5 Å². The average molecular weight is 319 g/mol. The van der Waals surface area contributed by atoms with Crippen molar-refractivity contribution in [1.82, 2.24) is 10.2 Å². The number of ether oxygens (including phenoxy) is 1. The zero-order valence-electron chi connectivity index (χ0n) is 14.2. The Balaban J connectivity index is 1.66. The van der Waals surface area contributed by atoms with Gasteiger partial charge < -0.3 is 15.8 Å². The van der Waals surface area contributed by atoms with E-state index in [1.54, 1.807) is 0 Å². The maximum Gasteiger partial charge on any atom is 0.249 e. The molecule has 3 N–H and O–H groups in total. The molecular weight excluding hydrogens is 290 g/mol. The Hall–Kier alpha value is -1.43. The van der Waals surface area contributed by atoms with Crippen molar-refractivity contribution in [3.63, 3.8) is 0 Å². The molecule has 3 atom stereocenters. The van der Waals surface area contributed by atoms with Gasteiger partial charge in [-0.15, -0.1) is 0 Å². The number of nitrogens with zero attached hydrogens (tertiary/aromatic N) is 1. The average Bonchev–Trinajstić information content (AvgIpc) is 3.04. The predicted molar refractivity (Wildman–Crippen MR) is 91.9 cm³/mol. The van der Waals surface area contributed by atoms with Gasteiger partial charge in [-0.1, -0.05) is 30.3 Å². The van der Waals surface area contributed by atoms with Gasteiger partial charge in [0.1, 0.15) is 6.10 Å². The molecule has 1 saturated heterocycles. The van der Waals surface area contributed by atoms with Crippen LogP contribution in [-0.2, 0) is 16.1 Å². The van der Waals surface area contributed by atoms with Gasteiger partial charge in [-0.05, 0) is 38.8 Å². The van der Waals surface area contributed by atoms with Crippen molar-refractivity contribution in [2.24, 2.45) is 5.73 Å². The van der Waals surface area contributed by atoms with E-state index in [0.717, 1.165) is 25.8 Å². The van der Waals surface area contributed by atoms with Crippen molar-refractivity contribution in [3.8, 4) is 0 Å². The number of carbonyl (C=O) groups is 1. The Morgan fingerprint density at radius 2 is 2.13 bits per heavy atom. The van der Waals surface area contributed by atoms with Crippen LogP contribution >= 0.6 is 0 Å². The maximum absolute atomic E-state index is 12.1. The van der Waals surface area contributed by atoms with Crippen LogP contribution in [-0.4, -0.2) is 49.2 Å². The molecule has 0 aliphatic carbocycles. The minimum atomic E-state index is -0.319. The normalized spacial score (nSPS) is 22.3. The van der Waals surface area contributed by atoms with Gasteiger partial charge in [-0.2, -0.15) is 0 Å². The number of carbonyl (C=O) groups excluding carboxylic acids is 1. The summed E-state index contributed by atoms with van der Waals surface area (Å²) < 4.78 is 5.61. The van der Waals surface area contributed by atoms with Gasteiger partial charge >= 0.3 is 0 Å². The zero-order valence-corrected chi connectivity index (χ0v) is 14.2. The van der Waals surface area contributed by atoms with Crippen molar-refractivity contribution in [2.45, 2.75) is 51.0 Å². The molecule has 0 bridgehead atoms. The highest BCUT2D eigenvalue weighted by Crippen LogP contribution is 2.18. The highest BCUT2D eigenvalue weighted by molar-refractivity contribution is 5.80. The number of rotatable bonds is 8. The largest absolute Gasteiger partial charge is 0.364 e. The quantitative estimate of drug-likeness (QED) is 0.762. The van der Waals surface area contributed by atoms with Gasteiger partial charge in [0, 0.05) is 25.7 Å². The molecular formula is C18H29N3O2. The standard InChI is InChI=1S/C18H29N3O2/c1-14(21(2)13-15-6-4-3-5-7-15)10-11-20-18(22)17-9-8-16(12-19)23-17/h3-7,14,16-17H,8-13,19H2,1-2H3,(H,20,22)/t14?,16-,17+/m1/s1. The predicted octanol–water partition coefficient (Wildman–Crippen LogP) is 1.52. The third-order valence-electron chi connectivity index (χ3n) is 4.55. The summed E-state index contributed by atoms with van der Waals surface area (Å²) in [6.45, 7) is 4.27. The van der Waals surface area contributed by atoms with Crippen LogP contribution in [0.15, 0.2) is 30.3 Å². The van der Waals surface area contributed by atoms with Crippen LogP contribution in [0.25, 0.3) is 0 Å². The molecule has 2 rings (SSSR count). The minimum Gasteiger partial charge on any atom is -0.364 e. The first-order valence-electron chi connectivity index (χ1n) is 8.47. The molecule has 1 unspecified atom stereocenters. The second kappa shape index (κ2) is 9.01. The number of benzene rings is 1. The summed E-state index contributed by atoms with van der Waals surface area (Å²) in [4.78, 5) is 14.4. The van der Waals surface area contributed by atoms with E-state index >= 15 is 0 Å². The van der Waals surface area contributed by atoms with Gasteiger partial charge in [0.15, 0.2) is 0 Å². The summed E-state index contributed by atoms with van der Waals surface area (Å²) in [6.07, 6.45) is 2.30. The Morgan fingerprint density at radius 3 is 2.78 bits per heavy atom. The molecule has 1 aromatic rings. The monoisotopic (exact) mass is 319 g/mol. The summed E-state index contributed by atoms with van der Waals surface area (Å²) in [7, 11) is 2.12. The smallest absolute Gasteiger partial charge is 0.249 e. The molecule has 1 aromatic carbocycles. The topological polar surface area (TPSA) is 67.6 Å². The van der Waals surface area contributed by atoms with Crippen molar-refractivity contribution in [3.05, 3.63) is 35.9 Å². The minimum absolute atomic E-state index is 0.00105. The van der Waals surface area contributed by atoms with Gasteiger partial charge in [0.25, 0.3) is 0 Å². The molecule has 1 fully saturated rings. The molecule has 1 aliphatic rings. The second-order valence-electron chi connectivity index (χ2n) is 6.39. The number of hydrogen-bond donors (Lipinski definition) is 2. The molecule has 5 nitrogen and oxygen atoms in total. The van der Waals surface area contributed by atoms with Crippen LogP contribution in [0.4, 0.5) is 0 Å². The zero-order chi connectivity index (χ0) is 16.7. The van der Waals surface area contributed by atoms with Crippen molar-refractivity contribution in [1.29, 1.82) is 0 Å². The summed E-state index contributed by atoms with van der Waals surface area (Å²) in [6, 6.07) is 10.8. The van der Waals surface area contributed by atoms with Crippen LogP contribution < -0.4 is 11.1 Å². The first-order chi connectivity index (χ1) is 11.1. The third kappa shape index (κ3) is 5.61. The van der Waals surface area contributed by atoms with Crippen LogP contribution in [0, 0.1) is 0 Å². The Labute approximate surface area is 139 Å². The van der Waals surface area contributed by atoms with E-state index in [9.17, 15) is 4.79 Å². The lowest BCUT2D eigenvalue weighted by Crippen LogP contribution is -2.38. The van der Waals surface area contributed by atoms with E-state index in [-0.39, 0.29) is 18.1 Å². The van der Waals surface area contributed by atoms with Crippen molar-refractivity contribution in [2.75, 3.05) is 20.1 Å². The Morgan fingerprint density at radius 1 is 1.39 bits per heavy atom. The molecule has 0 radical (unpaired) electrons. The lowest BCUT2D eigenvalue weighted by Gasteiger charge is -2.25. The van der Waals surface area contributed by atoms with Crippen molar-refractivity contribution < 1.29 is 9.53 Å². The van der Waals surface area contributed by atoms with Crippen LogP contribution in [0.3, 0.4) is 0 Å². The molecule has 1 amide bonds. The maximum atomic E-state index is 12.1. The summed E-state index contributed by atoms with van der Waals surface area (Å²) in [5.41, 5.74) is 6.87. The molecule has 1 heterocycles. The van der Waals surface area contributed by atoms with Gasteiger partial charge in [-0.25, -0.2) is 0 Å². The number of amides is 1. The Bertz CT molecular complexity index is 480. The fraction of sp³-hybridized carbons (Fsp3) is 0.611. The molecule has 0 spiro atoms. The third-order valence-corrected chi connectivity index (χ3v) is 4.55. The fourth-order valence-electron chi connectivity index (χ4n) is 2.84. The van der Waals surface area contributed by atoms with Gasteiger partial charge in [0.05, 0.1) is 6.10 Å². The SMILES string of the molecule is CC(CCNC(=O)[C@@H]1CC[C@H](CN)O1)N(C)Cc1ccccc1. The van der Waals surface area contributed by atoms with E-state index in [1.807, 2.05) is 6.07 Å². The first-order valence-corrected chi connectivity index (χ1v) is 8.47. The summed E-state index contributed by atoms with van der Waals surface area (Å²) in [5.74, 6) is -0.00105. The van der Waals surface area contributed by atoms with E-state index < -0.39 is 0 Å². The molecule has 0 saturated carbocycles. The molecule has 5 heteroatoms. The highest BCUT2D eigenvalue weighted by Gasteiger charge is 2.29.